The van der Waals surface area contributed by atoms with Crippen LogP contribution in [0.3, 0.4) is 0 Å². The average molecular weight is 433 g/mol. The number of methoxy groups -OCH3 is 1. The lowest BCUT2D eigenvalue weighted by molar-refractivity contribution is 0.280. The Labute approximate surface area is 178 Å². The van der Waals surface area contributed by atoms with Gasteiger partial charge in [-0.15, -0.1) is 12.4 Å². The fourth-order valence-electron chi connectivity index (χ4n) is 2.71. The minimum Gasteiger partial charge on any atom is -0.493 e. The summed E-state index contributed by atoms with van der Waals surface area (Å²) < 4.78 is 11.5. The summed E-state index contributed by atoms with van der Waals surface area (Å²) in [5.41, 5.74) is 1.96. The van der Waals surface area contributed by atoms with Gasteiger partial charge < -0.3 is 14.8 Å². The smallest absolute Gasteiger partial charge is 0.166 e. The minimum absolute atomic E-state index is 0. The van der Waals surface area contributed by atoms with Gasteiger partial charge in [-0.3, -0.25) is 0 Å². The molecule has 0 atom stereocenters. The van der Waals surface area contributed by atoms with Crippen molar-refractivity contribution in [1.29, 1.82) is 0 Å². The van der Waals surface area contributed by atoms with E-state index in [4.69, 9.17) is 32.7 Å². The van der Waals surface area contributed by atoms with Crippen molar-refractivity contribution in [2.75, 3.05) is 13.7 Å². The molecule has 0 saturated carbocycles. The Morgan fingerprint density at radius 2 is 1.81 bits per heavy atom. The number of para-hydroxylation sites is 1. The van der Waals surface area contributed by atoms with Gasteiger partial charge in [-0.05, 0) is 31.2 Å². The monoisotopic (exact) mass is 431 g/mol. The summed E-state index contributed by atoms with van der Waals surface area (Å²) in [7, 11) is 1.65. The highest BCUT2D eigenvalue weighted by Crippen LogP contribution is 2.32. The average Bonchev–Trinajstić information content (AvgIpc) is 2.64. The Hall–Kier alpha value is -1.13. The summed E-state index contributed by atoms with van der Waals surface area (Å²) in [5.74, 6) is 1.47. The summed E-state index contributed by atoms with van der Waals surface area (Å²) >= 11 is 12.2. The van der Waals surface area contributed by atoms with Gasteiger partial charge in [0.1, 0.15) is 6.61 Å². The van der Waals surface area contributed by atoms with E-state index in [1.165, 1.54) is 25.7 Å². The fourth-order valence-corrected chi connectivity index (χ4v) is 3.18. The Bertz CT molecular complexity index is 695. The molecule has 0 fully saturated rings. The summed E-state index contributed by atoms with van der Waals surface area (Å²) in [6.07, 6.45) is 4.99. The van der Waals surface area contributed by atoms with Crippen LogP contribution in [0.4, 0.5) is 0 Å². The van der Waals surface area contributed by atoms with Gasteiger partial charge in [-0.1, -0.05) is 67.6 Å². The molecule has 3 nitrogen and oxygen atoms in total. The molecule has 0 aliphatic rings. The molecule has 0 amide bonds. The van der Waals surface area contributed by atoms with Gasteiger partial charge >= 0.3 is 0 Å². The van der Waals surface area contributed by atoms with Crippen LogP contribution in [0.15, 0.2) is 36.4 Å². The maximum Gasteiger partial charge on any atom is 0.166 e. The van der Waals surface area contributed by atoms with Crippen LogP contribution in [0, 0.1) is 0 Å². The van der Waals surface area contributed by atoms with Crippen LogP contribution >= 0.6 is 35.6 Å². The molecule has 0 unspecified atom stereocenters. The second-order valence-electron chi connectivity index (χ2n) is 6.21. The molecule has 2 aromatic rings. The highest BCUT2D eigenvalue weighted by atomic mass is 35.5. The van der Waals surface area contributed by atoms with Crippen molar-refractivity contribution in [2.24, 2.45) is 0 Å². The van der Waals surface area contributed by atoms with Gasteiger partial charge in [0.2, 0.25) is 0 Å². The zero-order chi connectivity index (χ0) is 18.8. The molecular weight excluding hydrogens is 405 g/mol. The maximum absolute atomic E-state index is 6.25. The second kappa shape index (κ2) is 13.1. The van der Waals surface area contributed by atoms with Crippen molar-refractivity contribution in [2.45, 2.75) is 45.8 Å². The fraction of sp³-hybridized carbons (Fsp3) is 0.429. The summed E-state index contributed by atoms with van der Waals surface area (Å²) in [6.45, 7) is 4.33. The highest BCUT2D eigenvalue weighted by Gasteiger charge is 2.12. The SMILES string of the molecule is CCCCCCNCc1cccc(OC)c1OCc1ccc(Cl)cc1Cl.Cl. The highest BCUT2D eigenvalue weighted by molar-refractivity contribution is 6.35. The lowest BCUT2D eigenvalue weighted by Gasteiger charge is -2.16. The Morgan fingerprint density at radius 1 is 1.00 bits per heavy atom. The third kappa shape index (κ3) is 7.79. The third-order valence-electron chi connectivity index (χ3n) is 4.19. The Balaban J connectivity index is 0.00000364. The number of rotatable bonds is 11. The first-order chi connectivity index (χ1) is 12.7. The first-order valence-electron chi connectivity index (χ1n) is 9.09. The number of nitrogens with one attached hydrogen (secondary N) is 1. The molecule has 0 radical (unpaired) electrons. The standard InChI is InChI=1S/C21H27Cl2NO2.ClH/c1-3-4-5-6-12-24-14-16-8-7-9-20(25-2)21(16)26-15-17-10-11-18(22)13-19(17)23;/h7-11,13,24H,3-6,12,14-15H2,1-2H3;1H. The van der Waals surface area contributed by atoms with Gasteiger partial charge in [0.25, 0.3) is 0 Å². The predicted octanol–water partition coefficient (Wildman–Crippen LogP) is 6.67. The number of halogens is 3. The molecule has 0 aliphatic heterocycles. The van der Waals surface area contributed by atoms with E-state index in [1.54, 1.807) is 13.2 Å². The zero-order valence-electron chi connectivity index (χ0n) is 15.9. The van der Waals surface area contributed by atoms with Crippen LogP contribution in [-0.2, 0) is 13.2 Å². The second-order valence-corrected chi connectivity index (χ2v) is 7.05. The molecule has 6 heteroatoms. The minimum atomic E-state index is 0. The Morgan fingerprint density at radius 3 is 2.52 bits per heavy atom. The van der Waals surface area contributed by atoms with Crippen molar-refractivity contribution in [3.63, 3.8) is 0 Å². The number of hydrogen-bond acceptors (Lipinski definition) is 3. The molecule has 0 heterocycles. The number of benzene rings is 2. The van der Waals surface area contributed by atoms with Crippen molar-refractivity contribution < 1.29 is 9.47 Å². The molecule has 0 spiro atoms. The van der Waals surface area contributed by atoms with Gasteiger partial charge in [0.05, 0.1) is 7.11 Å². The molecule has 0 saturated heterocycles. The van der Waals surface area contributed by atoms with Crippen molar-refractivity contribution in [1.82, 2.24) is 5.32 Å². The van der Waals surface area contributed by atoms with Crippen LogP contribution in [0.2, 0.25) is 10.0 Å². The van der Waals surface area contributed by atoms with E-state index >= 15 is 0 Å². The van der Waals surface area contributed by atoms with E-state index in [0.29, 0.717) is 16.7 Å². The first kappa shape index (κ1) is 23.9. The van der Waals surface area contributed by atoms with Crippen LogP contribution in [-0.4, -0.2) is 13.7 Å². The molecule has 0 bridgehead atoms. The lowest BCUT2D eigenvalue weighted by Crippen LogP contribution is -2.15. The molecule has 27 heavy (non-hydrogen) atoms. The van der Waals surface area contributed by atoms with Gasteiger partial charge in [-0.25, -0.2) is 0 Å². The molecule has 1 N–H and O–H groups in total. The van der Waals surface area contributed by atoms with E-state index in [9.17, 15) is 0 Å². The zero-order valence-corrected chi connectivity index (χ0v) is 18.2. The van der Waals surface area contributed by atoms with Gasteiger partial charge in [-0.2, -0.15) is 0 Å². The molecule has 150 valence electrons. The third-order valence-corrected chi connectivity index (χ3v) is 4.78. The molecule has 2 rings (SSSR count). The number of unbranched alkanes of at least 4 members (excludes halogenated alkanes) is 3. The number of ether oxygens (including phenoxy) is 2. The quantitative estimate of drug-likeness (QED) is 0.402. The Kier molecular flexibility index (Phi) is 11.6. The van der Waals surface area contributed by atoms with Crippen LogP contribution < -0.4 is 14.8 Å². The van der Waals surface area contributed by atoms with Crippen molar-refractivity contribution in [3.8, 4) is 11.5 Å². The summed E-state index contributed by atoms with van der Waals surface area (Å²) in [6, 6.07) is 11.4. The normalized spacial score (nSPS) is 10.4. The molecule has 0 aliphatic carbocycles. The molecule has 0 aromatic heterocycles. The lowest BCUT2D eigenvalue weighted by atomic mass is 10.1. The van der Waals surface area contributed by atoms with E-state index in [1.807, 2.05) is 24.3 Å². The van der Waals surface area contributed by atoms with Crippen LogP contribution in [0.5, 0.6) is 11.5 Å². The molecular formula is C21H28Cl3NO2. The summed E-state index contributed by atoms with van der Waals surface area (Å²) in [5, 5.41) is 4.71. The van der Waals surface area contributed by atoms with E-state index in [0.717, 1.165) is 35.7 Å². The van der Waals surface area contributed by atoms with Crippen LogP contribution in [0.1, 0.15) is 43.7 Å². The van der Waals surface area contributed by atoms with Gasteiger partial charge in [0.15, 0.2) is 11.5 Å². The van der Waals surface area contributed by atoms with Crippen molar-refractivity contribution >= 4 is 35.6 Å². The predicted molar refractivity (Wildman–Crippen MR) is 117 cm³/mol. The maximum atomic E-state index is 6.25. The van der Waals surface area contributed by atoms with Gasteiger partial charge in [0, 0.05) is 27.7 Å². The van der Waals surface area contributed by atoms with E-state index < -0.39 is 0 Å². The van der Waals surface area contributed by atoms with Crippen LogP contribution in [0.25, 0.3) is 0 Å². The topological polar surface area (TPSA) is 30.5 Å². The van der Waals surface area contributed by atoms with Crippen molar-refractivity contribution in [3.05, 3.63) is 57.6 Å². The van der Waals surface area contributed by atoms with E-state index in [2.05, 4.69) is 18.3 Å². The first-order valence-corrected chi connectivity index (χ1v) is 9.84. The largest absolute Gasteiger partial charge is 0.493 e. The summed E-state index contributed by atoms with van der Waals surface area (Å²) in [4.78, 5) is 0. The molecule has 2 aromatic carbocycles. The number of hydrogen-bond donors (Lipinski definition) is 1. The van der Waals surface area contributed by atoms with E-state index in [-0.39, 0.29) is 12.4 Å².